The maximum atomic E-state index is 12.6. The number of aryl methyl sites for hydroxylation is 1. The number of aromatic nitrogens is 1. The van der Waals surface area contributed by atoms with Crippen LogP contribution < -0.4 is 0 Å². The minimum absolute atomic E-state index is 0.0321. The Balaban J connectivity index is 1.28. The number of aromatic amines is 1. The van der Waals surface area contributed by atoms with Gasteiger partial charge in [-0.2, -0.15) is 0 Å². The molecule has 1 aromatic heterocycles. The van der Waals surface area contributed by atoms with Crippen molar-refractivity contribution in [1.29, 1.82) is 0 Å². The van der Waals surface area contributed by atoms with Gasteiger partial charge in [0, 0.05) is 49.7 Å². The molecule has 2 fully saturated rings. The highest BCUT2D eigenvalue weighted by atomic mass is 32.2. The second-order valence-corrected chi connectivity index (χ2v) is 9.89. The van der Waals surface area contributed by atoms with Gasteiger partial charge in [-0.15, -0.1) is 0 Å². The molecule has 28 heavy (non-hydrogen) atoms. The van der Waals surface area contributed by atoms with Gasteiger partial charge in [0.25, 0.3) is 0 Å². The van der Waals surface area contributed by atoms with Crippen LogP contribution in [0.4, 0.5) is 0 Å². The van der Waals surface area contributed by atoms with Crippen LogP contribution in [0.3, 0.4) is 0 Å². The van der Waals surface area contributed by atoms with E-state index in [1.807, 2.05) is 29.3 Å². The van der Waals surface area contributed by atoms with E-state index in [0.717, 1.165) is 16.5 Å². The number of sulfone groups is 1. The van der Waals surface area contributed by atoms with Gasteiger partial charge in [0.2, 0.25) is 11.8 Å². The number of piperazine rings is 1. The lowest BCUT2D eigenvalue weighted by molar-refractivity contribution is -0.141. The van der Waals surface area contributed by atoms with Crippen molar-refractivity contribution in [2.75, 3.05) is 37.7 Å². The zero-order chi connectivity index (χ0) is 19.7. The fourth-order valence-corrected chi connectivity index (χ4v) is 5.89. The summed E-state index contributed by atoms with van der Waals surface area (Å²) in [6.07, 6.45) is 3.51. The Morgan fingerprint density at radius 1 is 1.07 bits per heavy atom. The molecule has 3 heterocycles. The number of rotatable bonds is 4. The van der Waals surface area contributed by atoms with Gasteiger partial charge in [0.15, 0.2) is 9.84 Å². The van der Waals surface area contributed by atoms with E-state index in [9.17, 15) is 18.0 Å². The van der Waals surface area contributed by atoms with Gasteiger partial charge in [0.05, 0.1) is 17.4 Å². The van der Waals surface area contributed by atoms with Gasteiger partial charge in [0.1, 0.15) is 0 Å². The first-order valence-electron chi connectivity index (χ1n) is 9.75. The lowest BCUT2D eigenvalue weighted by Crippen LogP contribution is -2.52. The van der Waals surface area contributed by atoms with Crippen molar-refractivity contribution >= 4 is 32.6 Å². The molecular weight excluding hydrogens is 378 g/mol. The molecule has 1 atom stereocenters. The van der Waals surface area contributed by atoms with Crippen molar-refractivity contribution in [2.45, 2.75) is 19.3 Å². The van der Waals surface area contributed by atoms with Gasteiger partial charge >= 0.3 is 0 Å². The standard InChI is InChI=1S/C20H25N3O4S/c24-19(6-5-15-13-21-18-4-2-1-3-17(15)18)22-8-10-23(11-9-22)20(25)16-7-12-28(26,27)14-16/h1-4,13,16,21H,5-12,14H2. The predicted octanol–water partition coefficient (Wildman–Crippen LogP) is 1.21. The van der Waals surface area contributed by atoms with E-state index in [2.05, 4.69) is 11.1 Å². The van der Waals surface area contributed by atoms with Crippen molar-refractivity contribution in [2.24, 2.45) is 5.92 Å². The maximum absolute atomic E-state index is 12.6. The molecule has 1 aromatic carbocycles. The summed E-state index contributed by atoms with van der Waals surface area (Å²) in [6, 6.07) is 8.05. The second-order valence-electron chi connectivity index (χ2n) is 7.67. The van der Waals surface area contributed by atoms with Gasteiger partial charge in [-0.3, -0.25) is 9.59 Å². The Morgan fingerprint density at radius 2 is 1.79 bits per heavy atom. The van der Waals surface area contributed by atoms with Crippen molar-refractivity contribution < 1.29 is 18.0 Å². The van der Waals surface area contributed by atoms with Gasteiger partial charge < -0.3 is 14.8 Å². The summed E-state index contributed by atoms with van der Waals surface area (Å²) in [4.78, 5) is 31.9. The van der Waals surface area contributed by atoms with Crippen LogP contribution in [-0.2, 0) is 25.8 Å². The first-order valence-corrected chi connectivity index (χ1v) is 11.6. The highest BCUT2D eigenvalue weighted by molar-refractivity contribution is 7.91. The number of nitrogens with one attached hydrogen (secondary N) is 1. The summed E-state index contributed by atoms with van der Waals surface area (Å²) >= 11 is 0. The topological polar surface area (TPSA) is 90.6 Å². The van der Waals surface area contributed by atoms with Crippen LogP contribution in [0.15, 0.2) is 30.5 Å². The van der Waals surface area contributed by atoms with Crippen molar-refractivity contribution in [1.82, 2.24) is 14.8 Å². The molecule has 1 N–H and O–H groups in total. The first kappa shape index (κ1) is 19.0. The van der Waals surface area contributed by atoms with E-state index in [-0.39, 0.29) is 23.3 Å². The smallest absolute Gasteiger partial charge is 0.226 e. The molecule has 0 radical (unpaired) electrons. The van der Waals surface area contributed by atoms with E-state index < -0.39 is 15.8 Å². The number of para-hydroxylation sites is 1. The fourth-order valence-electron chi connectivity index (χ4n) is 4.16. The molecule has 0 saturated carbocycles. The third kappa shape index (κ3) is 3.92. The van der Waals surface area contributed by atoms with E-state index in [1.54, 1.807) is 4.90 Å². The third-order valence-electron chi connectivity index (χ3n) is 5.81. The number of benzene rings is 1. The molecule has 2 amide bonds. The number of hydrogen-bond acceptors (Lipinski definition) is 4. The zero-order valence-corrected chi connectivity index (χ0v) is 16.6. The molecular formula is C20H25N3O4S. The van der Waals surface area contributed by atoms with E-state index in [0.29, 0.717) is 45.4 Å². The number of carbonyl (C=O) groups excluding carboxylic acids is 2. The second kappa shape index (κ2) is 7.58. The average Bonchev–Trinajstić information content (AvgIpc) is 3.28. The molecule has 2 aromatic rings. The van der Waals surface area contributed by atoms with E-state index >= 15 is 0 Å². The minimum Gasteiger partial charge on any atom is -0.361 e. The summed E-state index contributed by atoms with van der Waals surface area (Å²) in [7, 11) is -3.06. The number of hydrogen-bond donors (Lipinski definition) is 1. The first-order chi connectivity index (χ1) is 13.4. The SMILES string of the molecule is O=C(CCc1c[nH]c2ccccc12)N1CCN(C(=O)C2CCS(=O)(=O)C2)CC1. The molecule has 2 saturated heterocycles. The maximum Gasteiger partial charge on any atom is 0.226 e. The average molecular weight is 404 g/mol. The van der Waals surface area contributed by atoms with Crippen LogP contribution in [0.2, 0.25) is 0 Å². The predicted molar refractivity (Wildman–Crippen MR) is 107 cm³/mol. The van der Waals surface area contributed by atoms with Gasteiger partial charge in [-0.25, -0.2) is 8.42 Å². The Kier molecular flexibility index (Phi) is 5.14. The summed E-state index contributed by atoms with van der Waals surface area (Å²) in [5.74, 6) is -0.312. The van der Waals surface area contributed by atoms with Crippen molar-refractivity contribution in [3.05, 3.63) is 36.0 Å². The Morgan fingerprint density at radius 3 is 2.50 bits per heavy atom. The van der Waals surface area contributed by atoms with Crippen LogP contribution in [0.5, 0.6) is 0 Å². The highest BCUT2D eigenvalue weighted by Gasteiger charge is 2.36. The van der Waals surface area contributed by atoms with Crippen LogP contribution in [0.1, 0.15) is 18.4 Å². The van der Waals surface area contributed by atoms with Crippen molar-refractivity contribution in [3.8, 4) is 0 Å². The molecule has 8 heteroatoms. The van der Waals surface area contributed by atoms with Crippen LogP contribution in [0.25, 0.3) is 10.9 Å². The highest BCUT2D eigenvalue weighted by Crippen LogP contribution is 2.22. The van der Waals surface area contributed by atoms with Crippen molar-refractivity contribution in [3.63, 3.8) is 0 Å². The molecule has 2 aliphatic heterocycles. The number of carbonyl (C=O) groups is 2. The number of nitrogens with zero attached hydrogens (tertiary/aromatic N) is 2. The Hall–Kier alpha value is -2.35. The normalized spacial score (nSPS) is 21.9. The quantitative estimate of drug-likeness (QED) is 0.831. The van der Waals surface area contributed by atoms with Crippen LogP contribution >= 0.6 is 0 Å². The zero-order valence-electron chi connectivity index (χ0n) is 15.8. The summed E-state index contributed by atoms with van der Waals surface area (Å²) in [5.41, 5.74) is 2.21. The molecule has 0 aliphatic carbocycles. The Bertz CT molecular complexity index is 990. The molecule has 150 valence electrons. The number of H-pyrrole nitrogens is 1. The Labute approximate surface area is 164 Å². The fraction of sp³-hybridized carbons (Fsp3) is 0.500. The van der Waals surface area contributed by atoms with Crippen LogP contribution in [0, 0.1) is 5.92 Å². The molecule has 1 unspecified atom stereocenters. The van der Waals surface area contributed by atoms with Gasteiger partial charge in [-0.1, -0.05) is 18.2 Å². The van der Waals surface area contributed by atoms with Gasteiger partial charge in [-0.05, 0) is 24.5 Å². The number of amides is 2. The molecule has 0 bridgehead atoms. The number of fused-ring (bicyclic) bond motifs is 1. The molecule has 7 nitrogen and oxygen atoms in total. The summed E-state index contributed by atoms with van der Waals surface area (Å²) < 4.78 is 23.2. The summed E-state index contributed by atoms with van der Waals surface area (Å²) in [5, 5.41) is 1.15. The third-order valence-corrected chi connectivity index (χ3v) is 7.58. The molecule has 0 spiro atoms. The summed E-state index contributed by atoms with van der Waals surface area (Å²) in [6.45, 7) is 1.98. The molecule has 4 rings (SSSR count). The lowest BCUT2D eigenvalue weighted by Gasteiger charge is -2.36. The van der Waals surface area contributed by atoms with Crippen LogP contribution in [-0.4, -0.2) is 72.7 Å². The monoisotopic (exact) mass is 403 g/mol. The van der Waals surface area contributed by atoms with E-state index in [4.69, 9.17) is 0 Å². The molecule has 2 aliphatic rings. The van der Waals surface area contributed by atoms with E-state index in [1.165, 1.54) is 0 Å². The lowest BCUT2D eigenvalue weighted by atomic mass is 10.1. The minimum atomic E-state index is -3.06. The largest absolute Gasteiger partial charge is 0.361 e.